The van der Waals surface area contributed by atoms with E-state index in [1.807, 2.05) is 0 Å². The second-order valence-electron chi connectivity index (χ2n) is 12.0. The van der Waals surface area contributed by atoms with E-state index in [-0.39, 0.29) is 19.2 Å². The molecule has 0 aromatic rings. The zero-order valence-corrected chi connectivity index (χ0v) is 27.7. The Kier molecular flexibility index (Phi) is 25.8. The van der Waals surface area contributed by atoms with Crippen LogP contribution < -0.4 is 0 Å². The third-order valence-corrected chi connectivity index (χ3v) is 7.80. The Hall–Kier alpha value is -1.33. The van der Waals surface area contributed by atoms with Gasteiger partial charge in [0.15, 0.2) is 6.29 Å². The number of carbonyl (C=O) groups is 1. The van der Waals surface area contributed by atoms with Crippen molar-refractivity contribution in [1.29, 1.82) is 0 Å². The van der Waals surface area contributed by atoms with Gasteiger partial charge in [0.05, 0.1) is 19.8 Å². The third-order valence-electron chi connectivity index (χ3n) is 7.80. The molecule has 9 heteroatoms. The van der Waals surface area contributed by atoms with E-state index in [2.05, 4.69) is 38.2 Å². The topological polar surface area (TPSA) is 135 Å². The Morgan fingerprint density at radius 1 is 0.705 bits per heavy atom. The third kappa shape index (κ3) is 19.9. The van der Waals surface area contributed by atoms with Gasteiger partial charge in [-0.25, -0.2) is 0 Å². The van der Waals surface area contributed by atoms with Crippen molar-refractivity contribution >= 4 is 5.97 Å². The van der Waals surface area contributed by atoms with E-state index in [1.165, 1.54) is 32.1 Å². The zero-order valence-electron chi connectivity index (χ0n) is 27.7. The first-order chi connectivity index (χ1) is 21.4. The molecule has 0 aromatic heterocycles. The molecule has 6 unspecified atom stereocenters. The highest BCUT2D eigenvalue weighted by Crippen LogP contribution is 2.22. The van der Waals surface area contributed by atoms with Crippen LogP contribution in [0, 0.1) is 0 Å². The maximum atomic E-state index is 12.6. The standard InChI is InChI=1S/C35H64O9/c1-3-5-7-9-11-13-15-17-19-21-23-25-41-27-29(28-42-35-34(40)33(39)32(38)30(26-36)44-35)43-31(37)24-22-20-18-16-14-12-10-8-6-4-2/h7-10,29-30,32-36,38-40H,3-6,11-28H2,1-2H3/b9-7-,10-8-. The molecule has 0 aromatic carbocycles. The first kappa shape index (κ1) is 40.7. The molecule has 4 N–H and O–H groups in total. The van der Waals surface area contributed by atoms with Crippen LogP contribution in [-0.4, -0.2) is 89.6 Å². The van der Waals surface area contributed by atoms with Gasteiger partial charge >= 0.3 is 5.97 Å². The fourth-order valence-electron chi connectivity index (χ4n) is 5.02. The van der Waals surface area contributed by atoms with Crippen LogP contribution in [0.5, 0.6) is 0 Å². The molecular formula is C35H64O9. The molecule has 0 saturated carbocycles. The number of esters is 1. The van der Waals surface area contributed by atoms with Gasteiger partial charge in [-0.15, -0.1) is 0 Å². The minimum atomic E-state index is -1.53. The lowest BCUT2D eigenvalue weighted by atomic mass is 9.99. The number of carbonyl (C=O) groups excluding carboxylic acids is 1. The number of aliphatic hydroxyl groups excluding tert-OH is 4. The summed E-state index contributed by atoms with van der Waals surface area (Å²) in [6.07, 6.45) is 20.7. The van der Waals surface area contributed by atoms with Gasteiger partial charge in [-0.3, -0.25) is 4.79 Å². The van der Waals surface area contributed by atoms with Crippen molar-refractivity contribution in [3.8, 4) is 0 Å². The molecule has 1 heterocycles. The largest absolute Gasteiger partial charge is 0.457 e. The predicted molar refractivity (Wildman–Crippen MR) is 173 cm³/mol. The van der Waals surface area contributed by atoms with E-state index < -0.39 is 43.4 Å². The van der Waals surface area contributed by atoms with Gasteiger partial charge in [-0.2, -0.15) is 0 Å². The van der Waals surface area contributed by atoms with Gasteiger partial charge in [-0.05, 0) is 51.4 Å². The molecule has 1 rings (SSSR count). The minimum Gasteiger partial charge on any atom is -0.457 e. The van der Waals surface area contributed by atoms with Gasteiger partial charge in [0.1, 0.15) is 30.5 Å². The number of aliphatic hydroxyl groups is 4. The summed E-state index contributed by atoms with van der Waals surface area (Å²) in [6, 6.07) is 0. The fourth-order valence-corrected chi connectivity index (χ4v) is 5.02. The van der Waals surface area contributed by atoms with E-state index >= 15 is 0 Å². The van der Waals surface area contributed by atoms with Gasteiger partial charge in [0.2, 0.25) is 0 Å². The Morgan fingerprint density at radius 2 is 1.25 bits per heavy atom. The van der Waals surface area contributed by atoms with Crippen molar-refractivity contribution in [3.05, 3.63) is 24.3 Å². The number of allylic oxidation sites excluding steroid dienone is 4. The van der Waals surface area contributed by atoms with E-state index in [0.29, 0.717) is 13.0 Å². The van der Waals surface area contributed by atoms with Gasteiger partial charge < -0.3 is 39.4 Å². The molecule has 0 radical (unpaired) electrons. The Morgan fingerprint density at radius 3 is 1.84 bits per heavy atom. The highest BCUT2D eigenvalue weighted by atomic mass is 16.7. The Labute approximate surface area is 267 Å². The van der Waals surface area contributed by atoms with E-state index in [0.717, 1.165) is 77.0 Å². The maximum Gasteiger partial charge on any atom is 0.306 e. The lowest BCUT2D eigenvalue weighted by Gasteiger charge is -2.39. The van der Waals surface area contributed by atoms with Gasteiger partial charge in [0.25, 0.3) is 0 Å². The SMILES string of the molecule is CCC/C=C\CCCCCCCCOCC(COC1OC(CO)C(O)C(O)C1O)OC(=O)CCCCCCC/C=C\CCC. The van der Waals surface area contributed by atoms with Crippen LogP contribution in [0.15, 0.2) is 24.3 Å². The summed E-state index contributed by atoms with van der Waals surface area (Å²) in [5.74, 6) is -0.331. The molecule has 0 spiro atoms. The summed E-state index contributed by atoms with van der Waals surface area (Å²) in [6.45, 7) is 4.39. The molecule has 1 aliphatic rings. The summed E-state index contributed by atoms with van der Waals surface area (Å²) in [4.78, 5) is 12.6. The number of hydrogen-bond acceptors (Lipinski definition) is 9. The van der Waals surface area contributed by atoms with Crippen LogP contribution in [-0.2, 0) is 23.7 Å². The highest BCUT2D eigenvalue weighted by Gasteiger charge is 2.44. The molecule has 44 heavy (non-hydrogen) atoms. The number of hydrogen-bond donors (Lipinski definition) is 4. The van der Waals surface area contributed by atoms with Crippen molar-refractivity contribution in [1.82, 2.24) is 0 Å². The average molecular weight is 629 g/mol. The Bertz CT molecular complexity index is 727. The van der Waals surface area contributed by atoms with E-state index in [1.54, 1.807) is 0 Å². The van der Waals surface area contributed by atoms with Crippen LogP contribution in [0.25, 0.3) is 0 Å². The molecule has 1 saturated heterocycles. The number of ether oxygens (including phenoxy) is 4. The molecule has 1 aliphatic heterocycles. The zero-order chi connectivity index (χ0) is 32.3. The molecular weight excluding hydrogens is 564 g/mol. The molecule has 0 bridgehead atoms. The van der Waals surface area contributed by atoms with Crippen LogP contribution >= 0.6 is 0 Å². The van der Waals surface area contributed by atoms with E-state index in [4.69, 9.17) is 18.9 Å². The lowest BCUT2D eigenvalue weighted by molar-refractivity contribution is -0.305. The highest BCUT2D eigenvalue weighted by molar-refractivity contribution is 5.69. The quantitative estimate of drug-likeness (QED) is 0.0474. The van der Waals surface area contributed by atoms with Crippen molar-refractivity contribution in [2.45, 2.75) is 166 Å². The smallest absolute Gasteiger partial charge is 0.306 e. The number of unbranched alkanes of at least 4 members (excludes halogenated alkanes) is 13. The van der Waals surface area contributed by atoms with Crippen molar-refractivity contribution < 1.29 is 44.2 Å². The summed E-state index contributed by atoms with van der Waals surface area (Å²) in [5.41, 5.74) is 0. The van der Waals surface area contributed by atoms with Crippen molar-refractivity contribution in [2.24, 2.45) is 0 Å². The van der Waals surface area contributed by atoms with E-state index in [9.17, 15) is 25.2 Å². The second kappa shape index (κ2) is 27.9. The molecule has 0 aliphatic carbocycles. The van der Waals surface area contributed by atoms with Gasteiger partial charge in [-0.1, -0.05) is 95.9 Å². The predicted octanol–water partition coefficient (Wildman–Crippen LogP) is 5.91. The average Bonchev–Trinajstić information content (AvgIpc) is 3.02. The van der Waals surface area contributed by atoms with Crippen LogP contribution in [0.1, 0.15) is 129 Å². The monoisotopic (exact) mass is 628 g/mol. The lowest BCUT2D eigenvalue weighted by Crippen LogP contribution is -2.59. The molecule has 0 amide bonds. The van der Waals surface area contributed by atoms with Crippen LogP contribution in [0.2, 0.25) is 0 Å². The second-order valence-corrected chi connectivity index (χ2v) is 12.0. The minimum absolute atomic E-state index is 0.118. The van der Waals surface area contributed by atoms with Gasteiger partial charge in [0, 0.05) is 13.0 Å². The van der Waals surface area contributed by atoms with Crippen molar-refractivity contribution in [3.63, 3.8) is 0 Å². The van der Waals surface area contributed by atoms with Crippen LogP contribution in [0.4, 0.5) is 0 Å². The summed E-state index contributed by atoms with van der Waals surface area (Å²) < 4.78 is 22.6. The summed E-state index contributed by atoms with van der Waals surface area (Å²) in [5, 5.41) is 39.8. The molecule has 9 nitrogen and oxygen atoms in total. The molecule has 1 fully saturated rings. The van der Waals surface area contributed by atoms with Crippen molar-refractivity contribution in [2.75, 3.05) is 26.4 Å². The number of rotatable bonds is 28. The fraction of sp³-hybridized carbons (Fsp3) is 0.857. The first-order valence-corrected chi connectivity index (χ1v) is 17.4. The summed E-state index contributed by atoms with van der Waals surface area (Å²) >= 11 is 0. The molecule has 6 atom stereocenters. The molecule has 258 valence electrons. The maximum absolute atomic E-state index is 12.6. The normalized spacial score (nSPS) is 23.1. The van der Waals surface area contributed by atoms with Crippen LogP contribution in [0.3, 0.4) is 0 Å². The first-order valence-electron chi connectivity index (χ1n) is 17.4. The Balaban J connectivity index is 2.38. The summed E-state index contributed by atoms with van der Waals surface area (Å²) in [7, 11) is 0.